The molecule has 6 nitrogen and oxygen atoms in total. The highest BCUT2D eigenvalue weighted by Gasteiger charge is 2.24. The van der Waals surface area contributed by atoms with Gasteiger partial charge in [-0.25, -0.2) is 4.39 Å². The maximum absolute atomic E-state index is 13.5. The maximum Gasteiger partial charge on any atom is 0.296 e. The predicted molar refractivity (Wildman–Crippen MR) is 107 cm³/mol. The zero-order valence-corrected chi connectivity index (χ0v) is 15.6. The van der Waals surface area contributed by atoms with E-state index in [-0.39, 0.29) is 17.3 Å². The van der Waals surface area contributed by atoms with Crippen molar-refractivity contribution in [2.75, 3.05) is 23.7 Å². The topological polar surface area (TPSA) is 73.4 Å². The normalized spacial score (nSPS) is 14.1. The molecule has 0 saturated carbocycles. The van der Waals surface area contributed by atoms with Crippen molar-refractivity contribution in [3.05, 3.63) is 64.7 Å². The Balaban J connectivity index is 1.95. The Kier molecular flexibility index (Phi) is 5.16. The number of nitrogens with zero attached hydrogens (tertiary/aromatic N) is 3. The lowest BCUT2D eigenvalue weighted by Crippen LogP contribution is -2.35. The molecule has 4 rings (SSSR count). The molecule has 1 saturated heterocycles. The SMILES string of the molecule is Nc1c(N2CCCCC2)c(-c2ccc(F)cc2)nn(-c2cccc(OF)c2)c1=O. The van der Waals surface area contributed by atoms with Gasteiger partial charge in [0.1, 0.15) is 17.2 Å². The lowest BCUT2D eigenvalue weighted by molar-refractivity contribution is -0.00621. The molecule has 1 aliphatic heterocycles. The Morgan fingerprint density at radius 3 is 2.45 bits per heavy atom. The number of piperidine rings is 1. The first kappa shape index (κ1) is 18.9. The minimum absolute atomic E-state index is 0.0489. The molecule has 2 aromatic carbocycles. The van der Waals surface area contributed by atoms with E-state index >= 15 is 0 Å². The number of hydrogen-bond acceptors (Lipinski definition) is 5. The van der Waals surface area contributed by atoms with Gasteiger partial charge in [-0.15, -0.1) is 0 Å². The first-order valence-corrected chi connectivity index (χ1v) is 9.41. The number of hydrogen-bond donors (Lipinski definition) is 1. The molecule has 0 atom stereocenters. The van der Waals surface area contributed by atoms with Crippen molar-refractivity contribution in [1.29, 1.82) is 0 Å². The minimum Gasteiger partial charge on any atom is -0.392 e. The molecule has 1 aliphatic rings. The lowest BCUT2D eigenvalue weighted by atomic mass is 10.1. The molecule has 0 radical (unpaired) electrons. The van der Waals surface area contributed by atoms with Crippen LogP contribution in [0.15, 0.2) is 53.3 Å². The summed E-state index contributed by atoms with van der Waals surface area (Å²) in [6, 6.07) is 11.8. The standard InChI is InChI=1S/C21H20F2N4O2/c22-15-9-7-14(8-10-15)19-20(26-11-2-1-3-12-26)18(24)21(28)27(25-19)16-5-4-6-17(13-16)29-23/h4-10,13H,1-3,11-12,24H2. The van der Waals surface area contributed by atoms with Crippen molar-refractivity contribution >= 4 is 11.4 Å². The maximum atomic E-state index is 13.5. The number of nitrogen functional groups attached to an aromatic ring is 1. The molecule has 8 heteroatoms. The lowest BCUT2D eigenvalue weighted by Gasteiger charge is -2.31. The Labute approximate surface area is 166 Å². The molecule has 29 heavy (non-hydrogen) atoms. The summed E-state index contributed by atoms with van der Waals surface area (Å²) in [5.74, 6) is -0.430. The van der Waals surface area contributed by atoms with Crippen LogP contribution in [-0.2, 0) is 0 Å². The summed E-state index contributed by atoms with van der Waals surface area (Å²) in [6.45, 7) is 1.52. The van der Waals surface area contributed by atoms with Gasteiger partial charge in [0.25, 0.3) is 5.56 Å². The van der Waals surface area contributed by atoms with Crippen LogP contribution in [0.5, 0.6) is 5.75 Å². The molecule has 0 bridgehead atoms. The Bertz CT molecular complexity index is 1080. The summed E-state index contributed by atoms with van der Waals surface area (Å²) in [5, 5.41) is 4.54. The summed E-state index contributed by atoms with van der Waals surface area (Å²) in [5.41, 5.74) is 7.80. The van der Waals surface area contributed by atoms with Crippen LogP contribution in [0.4, 0.5) is 20.3 Å². The summed E-state index contributed by atoms with van der Waals surface area (Å²) < 4.78 is 27.2. The van der Waals surface area contributed by atoms with Crippen LogP contribution in [-0.4, -0.2) is 22.9 Å². The second-order valence-corrected chi connectivity index (χ2v) is 6.96. The van der Waals surface area contributed by atoms with Crippen molar-refractivity contribution in [2.24, 2.45) is 0 Å². The van der Waals surface area contributed by atoms with E-state index in [0.717, 1.165) is 37.0 Å². The van der Waals surface area contributed by atoms with Gasteiger partial charge in [0, 0.05) is 29.2 Å². The van der Waals surface area contributed by atoms with E-state index in [4.69, 9.17) is 5.73 Å². The van der Waals surface area contributed by atoms with E-state index < -0.39 is 5.56 Å². The van der Waals surface area contributed by atoms with Crippen molar-refractivity contribution in [2.45, 2.75) is 19.3 Å². The van der Waals surface area contributed by atoms with Crippen LogP contribution < -0.4 is 21.1 Å². The fraction of sp³-hybridized carbons (Fsp3) is 0.238. The van der Waals surface area contributed by atoms with Gasteiger partial charge in [-0.05, 0) is 55.7 Å². The molecule has 1 fully saturated rings. The average Bonchev–Trinajstić information content (AvgIpc) is 2.76. The Hall–Kier alpha value is -3.42. The van der Waals surface area contributed by atoms with Crippen LogP contribution in [0.25, 0.3) is 16.9 Å². The highest BCUT2D eigenvalue weighted by molar-refractivity contribution is 5.83. The van der Waals surface area contributed by atoms with Crippen molar-refractivity contribution < 1.29 is 13.9 Å². The predicted octanol–water partition coefficient (Wildman–Crippen LogP) is 3.87. The van der Waals surface area contributed by atoms with Gasteiger partial charge >= 0.3 is 0 Å². The van der Waals surface area contributed by atoms with E-state index in [1.54, 1.807) is 24.3 Å². The molecular formula is C21H20F2N4O2. The number of rotatable bonds is 4. The van der Waals surface area contributed by atoms with Gasteiger partial charge in [-0.3, -0.25) is 9.74 Å². The van der Waals surface area contributed by atoms with E-state index in [1.165, 1.54) is 24.3 Å². The molecule has 0 unspecified atom stereocenters. The first-order valence-electron chi connectivity index (χ1n) is 9.41. The summed E-state index contributed by atoms with van der Waals surface area (Å²) in [6.07, 6.45) is 3.09. The number of nitrogens with two attached hydrogens (primary N) is 1. The molecule has 1 aromatic heterocycles. The summed E-state index contributed by atoms with van der Waals surface area (Å²) >= 11 is 0. The quantitative estimate of drug-likeness (QED) is 0.722. The number of benzene rings is 2. The second-order valence-electron chi connectivity index (χ2n) is 6.96. The van der Waals surface area contributed by atoms with Crippen LogP contribution in [0.3, 0.4) is 0 Å². The second kappa shape index (κ2) is 7.90. The van der Waals surface area contributed by atoms with E-state index in [1.807, 2.05) is 0 Å². The number of halogens is 2. The minimum atomic E-state index is -0.507. The van der Waals surface area contributed by atoms with Crippen molar-refractivity contribution in [3.8, 4) is 22.7 Å². The summed E-state index contributed by atoms with van der Waals surface area (Å²) in [7, 11) is 0. The van der Waals surface area contributed by atoms with Crippen molar-refractivity contribution in [3.63, 3.8) is 0 Å². The smallest absolute Gasteiger partial charge is 0.296 e. The molecule has 2 heterocycles. The van der Waals surface area contributed by atoms with Gasteiger partial charge < -0.3 is 10.6 Å². The number of anilines is 2. The number of aromatic nitrogens is 2. The summed E-state index contributed by atoms with van der Waals surface area (Å²) in [4.78, 5) is 18.8. The fourth-order valence-corrected chi connectivity index (χ4v) is 3.61. The van der Waals surface area contributed by atoms with Crippen LogP contribution in [0.1, 0.15) is 19.3 Å². The molecule has 0 aliphatic carbocycles. The third kappa shape index (κ3) is 3.65. The molecule has 0 spiro atoms. The third-order valence-electron chi connectivity index (χ3n) is 5.04. The van der Waals surface area contributed by atoms with E-state index in [9.17, 15) is 13.7 Å². The highest BCUT2D eigenvalue weighted by atomic mass is 19.3. The van der Waals surface area contributed by atoms with Gasteiger partial charge in [0.05, 0.1) is 11.4 Å². The fourth-order valence-electron chi connectivity index (χ4n) is 3.61. The van der Waals surface area contributed by atoms with Gasteiger partial charge in [-0.1, -0.05) is 6.07 Å². The van der Waals surface area contributed by atoms with E-state index in [0.29, 0.717) is 22.6 Å². The van der Waals surface area contributed by atoms with Crippen LogP contribution in [0, 0.1) is 5.82 Å². The Morgan fingerprint density at radius 1 is 1.03 bits per heavy atom. The van der Waals surface area contributed by atoms with Crippen LogP contribution >= 0.6 is 0 Å². The van der Waals surface area contributed by atoms with E-state index in [2.05, 4.69) is 14.9 Å². The van der Waals surface area contributed by atoms with Gasteiger partial charge in [0.15, 0.2) is 5.75 Å². The molecule has 3 aromatic rings. The molecular weight excluding hydrogens is 378 g/mol. The average molecular weight is 398 g/mol. The van der Waals surface area contributed by atoms with Gasteiger partial charge in [0.2, 0.25) is 0 Å². The zero-order chi connectivity index (χ0) is 20.4. The molecule has 0 amide bonds. The monoisotopic (exact) mass is 398 g/mol. The highest BCUT2D eigenvalue weighted by Crippen LogP contribution is 2.34. The van der Waals surface area contributed by atoms with Crippen LogP contribution in [0.2, 0.25) is 0 Å². The van der Waals surface area contributed by atoms with Gasteiger partial charge in [-0.2, -0.15) is 9.78 Å². The largest absolute Gasteiger partial charge is 0.392 e. The Morgan fingerprint density at radius 2 is 1.76 bits per heavy atom. The molecule has 2 N–H and O–H groups in total. The first-order chi connectivity index (χ1) is 14.1. The third-order valence-corrected chi connectivity index (χ3v) is 5.04. The van der Waals surface area contributed by atoms with Crippen molar-refractivity contribution in [1.82, 2.24) is 9.78 Å². The zero-order valence-electron chi connectivity index (χ0n) is 15.6. The molecule has 150 valence electrons.